The van der Waals surface area contributed by atoms with Gasteiger partial charge >= 0.3 is 5.97 Å². The van der Waals surface area contributed by atoms with Crippen LogP contribution in [0, 0.1) is 0 Å². The quantitative estimate of drug-likeness (QED) is 0.673. The SMILES string of the molecule is CC(NC(=O)c1nccc(O)c1O)C(=O)OC(C)C(C)(C)c1ccccc1. The Kier molecular flexibility index (Phi) is 6.05. The number of esters is 1. The second kappa shape index (κ2) is 8.07. The highest BCUT2D eigenvalue weighted by molar-refractivity contribution is 5.97. The first-order valence-electron chi connectivity index (χ1n) is 8.58. The Morgan fingerprint density at radius 3 is 2.37 bits per heavy atom. The summed E-state index contributed by atoms with van der Waals surface area (Å²) in [6.07, 6.45) is 0.733. The molecular weight excluding hydrogens is 348 g/mol. The van der Waals surface area contributed by atoms with Gasteiger partial charge in [0.2, 0.25) is 0 Å². The standard InChI is InChI=1S/C20H24N2O5/c1-12(22-18(25)16-17(24)15(23)10-11-21-16)19(26)27-13(2)20(3,4)14-8-6-5-7-9-14/h5-13,24H,1-4H3,(H,21,23)(H,22,25). The maximum Gasteiger partial charge on any atom is 0.328 e. The molecule has 2 unspecified atom stereocenters. The summed E-state index contributed by atoms with van der Waals surface area (Å²) in [5.41, 5.74) is 0.231. The van der Waals surface area contributed by atoms with Crippen molar-refractivity contribution in [3.05, 3.63) is 53.9 Å². The molecule has 1 amide bonds. The van der Waals surface area contributed by atoms with E-state index < -0.39 is 40.9 Å². The van der Waals surface area contributed by atoms with Gasteiger partial charge in [0.25, 0.3) is 5.91 Å². The molecule has 0 saturated heterocycles. The zero-order valence-electron chi connectivity index (χ0n) is 15.8. The maximum absolute atomic E-state index is 12.4. The Labute approximate surface area is 158 Å². The van der Waals surface area contributed by atoms with Gasteiger partial charge in [-0.15, -0.1) is 0 Å². The predicted molar refractivity (Wildman–Crippen MR) is 99.5 cm³/mol. The Morgan fingerprint density at radius 2 is 1.74 bits per heavy atom. The second-order valence-electron chi connectivity index (χ2n) is 6.89. The van der Waals surface area contributed by atoms with Crippen LogP contribution in [0.2, 0.25) is 0 Å². The van der Waals surface area contributed by atoms with Crippen molar-refractivity contribution in [2.75, 3.05) is 0 Å². The number of benzene rings is 1. The van der Waals surface area contributed by atoms with Gasteiger partial charge in [-0.3, -0.25) is 4.79 Å². The number of carbonyl (C=O) groups excluding carboxylic acids is 2. The average molecular weight is 372 g/mol. The normalized spacial score (nSPS) is 13.5. The lowest BCUT2D eigenvalue weighted by Crippen LogP contribution is -2.44. The Balaban J connectivity index is 2.03. The summed E-state index contributed by atoms with van der Waals surface area (Å²) in [6, 6.07) is 9.87. The molecule has 1 aromatic heterocycles. The van der Waals surface area contributed by atoms with Crippen molar-refractivity contribution < 1.29 is 24.5 Å². The molecule has 0 saturated carbocycles. The lowest BCUT2D eigenvalue weighted by molar-refractivity contribution is -0.153. The highest BCUT2D eigenvalue weighted by Gasteiger charge is 2.32. The van der Waals surface area contributed by atoms with E-state index in [-0.39, 0.29) is 5.69 Å². The molecule has 144 valence electrons. The molecule has 0 aliphatic rings. The molecule has 1 aromatic carbocycles. The number of hydrogen-bond acceptors (Lipinski definition) is 6. The first-order chi connectivity index (χ1) is 12.6. The van der Waals surface area contributed by atoms with E-state index in [1.54, 1.807) is 6.92 Å². The van der Waals surface area contributed by atoms with Crippen LogP contribution in [-0.4, -0.2) is 39.2 Å². The van der Waals surface area contributed by atoms with Crippen molar-refractivity contribution >= 4 is 11.9 Å². The Hall–Kier alpha value is -3.09. The van der Waals surface area contributed by atoms with E-state index in [4.69, 9.17) is 4.74 Å². The smallest absolute Gasteiger partial charge is 0.328 e. The lowest BCUT2D eigenvalue weighted by Gasteiger charge is -2.32. The van der Waals surface area contributed by atoms with E-state index >= 15 is 0 Å². The molecule has 0 radical (unpaired) electrons. The van der Waals surface area contributed by atoms with E-state index in [0.29, 0.717) is 0 Å². The van der Waals surface area contributed by atoms with Gasteiger partial charge in [-0.25, -0.2) is 9.78 Å². The number of pyridine rings is 1. The zero-order valence-corrected chi connectivity index (χ0v) is 15.8. The number of nitrogens with one attached hydrogen (secondary N) is 1. The van der Waals surface area contributed by atoms with E-state index in [0.717, 1.165) is 11.6 Å². The number of aromatic nitrogens is 1. The van der Waals surface area contributed by atoms with Crippen molar-refractivity contribution in [1.29, 1.82) is 0 Å². The fraction of sp³-hybridized carbons (Fsp3) is 0.350. The van der Waals surface area contributed by atoms with Crippen molar-refractivity contribution in [3.8, 4) is 11.5 Å². The van der Waals surface area contributed by atoms with E-state index in [2.05, 4.69) is 10.3 Å². The number of carbonyl (C=O) groups is 2. The Morgan fingerprint density at radius 1 is 1.11 bits per heavy atom. The van der Waals surface area contributed by atoms with Gasteiger partial charge in [0.05, 0.1) is 0 Å². The predicted octanol–water partition coefficient (Wildman–Crippen LogP) is 2.52. The minimum atomic E-state index is -0.963. The van der Waals surface area contributed by atoms with Gasteiger partial charge in [0, 0.05) is 17.7 Å². The molecule has 7 heteroatoms. The van der Waals surface area contributed by atoms with Crippen LogP contribution in [0.4, 0.5) is 0 Å². The van der Waals surface area contributed by atoms with Gasteiger partial charge in [0.15, 0.2) is 17.2 Å². The third-order valence-electron chi connectivity index (χ3n) is 4.65. The summed E-state index contributed by atoms with van der Waals surface area (Å²) in [5, 5.41) is 21.6. The molecule has 7 nitrogen and oxygen atoms in total. The van der Waals surface area contributed by atoms with Gasteiger partial charge in [-0.2, -0.15) is 0 Å². The van der Waals surface area contributed by atoms with Crippen LogP contribution in [0.5, 0.6) is 11.5 Å². The van der Waals surface area contributed by atoms with Crippen molar-refractivity contribution in [1.82, 2.24) is 10.3 Å². The number of ether oxygens (including phenoxy) is 1. The lowest BCUT2D eigenvalue weighted by atomic mass is 9.80. The van der Waals surface area contributed by atoms with Crippen LogP contribution in [0.1, 0.15) is 43.7 Å². The van der Waals surface area contributed by atoms with Crippen LogP contribution in [0.25, 0.3) is 0 Å². The summed E-state index contributed by atoms with van der Waals surface area (Å²) < 4.78 is 5.54. The average Bonchev–Trinajstić information content (AvgIpc) is 2.64. The van der Waals surface area contributed by atoms with Crippen molar-refractivity contribution in [2.24, 2.45) is 0 Å². The highest BCUT2D eigenvalue weighted by atomic mass is 16.5. The highest BCUT2D eigenvalue weighted by Crippen LogP contribution is 2.29. The molecule has 27 heavy (non-hydrogen) atoms. The summed E-state index contributed by atoms with van der Waals surface area (Å²) in [4.78, 5) is 28.3. The van der Waals surface area contributed by atoms with Crippen LogP contribution in [0.15, 0.2) is 42.6 Å². The fourth-order valence-electron chi connectivity index (χ4n) is 2.46. The molecule has 2 atom stereocenters. The molecule has 3 N–H and O–H groups in total. The molecule has 2 aromatic rings. The zero-order chi connectivity index (χ0) is 20.2. The Bertz CT molecular complexity index is 820. The van der Waals surface area contributed by atoms with Gasteiger partial charge in [-0.1, -0.05) is 44.2 Å². The number of nitrogens with zero attached hydrogens (tertiary/aromatic N) is 1. The molecule has 0 aliphatic heterocycles. The topological polar surface area (TPSA) is 109 Å². The van der Waals surface area contributed by atoms with Crippen molar-refractivity contribution in [3.63, 3.8) is 0 Å². The van der Waals surface area contributed by atoms with Crippen LogP contribution in [0.3, 0.4) is 0 Å². The van der Waals surface area contributed by atoms with E-state index in [9.17, 15) is 19.8 Å². The third kappa shape index (κ3) is 4.55. The second-order valence-corrected chi connectivity index (χ2v) is 6.89. The molecule has 0 fully saturated rings. The number of hydrogen-bond donors (Lipinski definition) is 3. The van der Waals surface area contributed by atoms with Crippen LogP contribution in [-0.2, 0) is 14.9 Å². The van der Waals surface area contributed by atoms with Gasteiger partial charge in [0.1, 0.15) is 12.1 Å². The number of rotatable bonds is 6. The summed E-state index contributed by atoms with van der Waals surface area (Å²) in [6.45, 7) is 7.21. The molecule has 0 aliphatic carbocycles. The monoisotopic (exact) mass is 372 g/mol. The first kappa shape index (κ1) is 20.2. The van der Waals surface area contributed by atoms with Gasteiger partial charge in [-0.05, 0) is 19.4 Å². The number of aromatic hydroxyl groups is 2. The van der Waals surface area contributed by atoms with Crippen LogP contribution < -0.4 is 5.32 Å². The maximum atomic E-state index is 12.4. The summed E-state index contributed by atoms with van der Waals surface area (Å²) >= 11 is 0. The summed E-state index contributed by atoms with van der Waals surface area (Å²) in [7, 11) is 0. The van der Waals surface area contributed by atoms with E-state index in [1.807, 2.05) is 44.2 Å². The van der Waals surface area contributed by atoms with E-state index in [1.165, 1.54) is 13.1 Å². The molecule has 2 rings (SSSR count). The number of amides is 1. The summed E-state index contributed by atoms with van der Waals surface area (Å²) in [5.74, 6) is -2.51. The largest absolute Gasteiger partial charge is 0.504 e. The minimum Gasteiger partial charge on any atom is -0.504 e. The minimum absolute atomic E-state index is 0.368. The molecule has 0 bridgehead atoms. The molecule has 0 spiro atoms. The van der Waals surface area contributed by atoms with Crippen molar-refractivity contribution in [2.45, 2.75) is 45.3 Å². The first-order valence-corrected chi connectivity index (χ1v) is 8.58. The van der Waals surface area contributed by atoms with Crippen LogP contribution >= 0.6 is 0 Å². The van der Waals surface area contributed by atoms with Gasteiger partial charge < -0.3 is 20.3 Å². The third-order valence-corrected chi connectivity index (χ3v) is 4.65. The molecular formula is C20H24N2O5. The molecule has 1 heterocycles. The fourth-order valence-corrected chi connectivity index (χ4v) is 2.46.